The summed E-state index contributed by atoms with van der Waals surface area (Å²) in [5.74, 6) is 0.734. The summed E-state index contributed by atoms with van der Waals surface area (Å²) in [4.78, 5) is 21.0. The first-order valence-electron chi connectivity index (χ1n) is 8.82. The Balaban J connectivity index is 1.95. The van der Waals surface area contributed by atoms with Crippen LogP contribution >= 0.6 is 11.3 Å². The molecule has 0 bridgehead atoms. The minimum absolute atomic E-state index is 0.0153. The summed E-state index contributed by atoms with van der Waals surface area (Å²) in [5, 5.41) is 0. The fourth-order valence-corrected chi connectivity index (χ4v) is 4.24. The van der Waals surface area contributed by atoms with Crippen molar-refractivity contribution in [2.45, 2.75) is 6.92 Å². The van der Waals surface area contributed by atoms with E-state index in [1.54, 1.807) is 16.7 Å². The van der Waals surface area contributed by atoms with E-state index in [1.165, 1.54) is 11.3 Å². The van der Waals surface area contributed by atoms with Crippen molar-refractivity contribution in [2.24, 2.45) is 0 Å². The highest BCUT2D eigenvalue weighted by atomic mass is 32.1. The van der Waals surface area contributed by atoms with Gasteiger partial charge in [0.1, 0.15) is 17.2 Å². The van der Waals surface area contributed by atoms with Crippen LogP contribution in [0.15, 0.2) is 66.1 Å². The molecule has 142 valence electrons. The number of anilines is 2. The Labute approximate surface area is 166 Å². The van der Waals surface area contributed by atoms with Gasteiger partial charge in [-0.15, -0.1) is 11.3 Å². The molecule has 0 unspecified atom stereocenters. The van der Waals surface area contributed by atoms with Gasteiger partial charge in [-0.05, 0) is 43.3 Å². The first kappa shape index (κ1) is 18.1. The van der Waals surface area contributed by atoms with Crippen molar-refractivity contribution < 1.29 is 4.74 Å². The summed E-state index contributed by atoms with van der Waals surface area (Å²) in [6.45, 7) is 10.9. The molecule has 1 aliphatic rings. The van der Waals surface area contributed by atoms with E-state index in [4.69, 9.17) is 10.5 Å². The molecule has 6 nitrogen and oxygen atoms in total. The van der Waals surface area contributed by atoms with E-state index in [0.29, 0.717) is 18.8 Å². The number of nitrogens with two attached hydrogens (primary N) is 1. The molecule has 4 rings (SSSR count). The van der Waals surface area contributed by atoms with Crippen LogP contribution in [0, 0.1) is 6.92 Å². The van der Waals surface area contributed by atoms with Crippen LogP contribution in [0.3, 0.4) is 0 Å². The molecule has 1 aromatic carbocycles. The quantitative estimate of drug-likeness (QED) is 0.684. The van der Waals surface area contributed by atoms with Crippen molar-refractivity contribution in [2.75, 3.05) is 23.8 Å². The van der Waals surface area contributed by atoms with Crippen LogP contribution in [0.1, 0.15) is 4.88 Å². The Morgan fingerprint density at radius 1 is 1.36 bits per heavy atom. The number of nitrogens with zero attached hydrogens (tertiary/aromatic N) is 3. The molecule has 2 aromatic heterocycles. The van der Waals surface area contributed by atoms with E-state index in [0.717, 1.165) is 32.4 Å². The van der Waals surface area contributed by atoms with Gasteiger partial charge in [0.05, 0.1) is 23.4 Å². The molecule has 7 heteroatoms. The van der Waals surface area contributed by atoms with Gasteiger partial charge in [0.15, 0.2) is 5.82 Å². The Bertz CT molecular complexity index is 1190. The maximum absolute atomic E-state index is 12.8. The van der Waals surface area contributed by atoms with Gasteiger partial charge in [-0.25, -0.2) is 4.98 Å². The molecule has 0 aliphatic carbocycles. The van der Waals surface area contributed by atoms with Gasteiger partial charge >= 0.3 is 0 Å². The lowest BCUT2D eigenvalue weighted by molar-refractivity contribution is 0.312. The Morgan fingerprint density at radius 3 is 2.93 bits per heavy atom. The monoisotopic (exact) mass is 392 g/mol. The van der Waals surface area contributed by atoms with Gasteiger partial charge in [-0.1, -0.05) is 19.2 Å². The molecule has 0 saturated carbocycles. The van der Waals surface area contributed by atoms with E-state index >= 15 is 0 Å². The first-order chi connectivity index (χ1) is 13.5. The zero-order chi connectivity index (χ0) is 19.8. The second kappa shape index (κ2) is 7.01. The number of allylic oxidation sites excluding steroid dienone is 3. The van der Waals surface area contributed by atoms with Crippen molar-refractivity contribution >= 4 is 33.2 Å². The minimum atomic E-state index is -0.334. The largest absolute Gasteiger partial charge is 0.490 e. The van der Waals surface area contributed by atoms with Gasteiger partial charge in [0, 0.05) is 10.6 Å². The van der Waals surface area contributed by atoms with E-state index in [9.17, 15) is 4.79 Å². The van der Waals surface area contributed by atoms with Crippen molar-refractivity contribution in [3.63, 3.8) is 0 Å². The highest BCUT2D eigenvalue weighted by molar-refractivity contribution is 7.18. The van der Waals surface area contributed by atoms with Crippen LogP contribution in [0.25, 0.3) is 16.0 Å². The molecule has 1 aliphatic heterocycles. The van der Waals surface area contributed by atoms with Crippen molar-refractivity contribution in [3.05, 3.63) is 76.6 Å². The second-order valence-electron chi connectivity index (χ2n) is 6.37. The fourth-order valence-electron chi connectivity index (χ4n) is 3.37. The predicted molar refractivity (Wildman–Crippen MR) is 116 cm³/mol. The van der Waals surface area contributed by atoms with Gasteiger partial charge in [0.25, 0.3) is 5.56 Å². The number of hydrogen-bond acceptors (Lipinski definition) is 6. The lowest BCUT2D eigenvalue weighted by atomic mass is 10.1. The summed E-state index contributed by atoms with van der Waals surface area (Å²) in [6, 6.07) is 7.62. The predicted octanol–water partition coefficient (Wildman–Crippen LogP) is 3.79. The SMILES string of the molecule is C=C/C=C(\C=C)N1CCOc2ccc(-n3c(=O)c(N)nc4sc(C)cc43)cc21. The summed E-state index contributed by atoms with van der Waals surface area (Å²) < 4.78 is 7.42. The molecular formula is C21H20N4O2S. The third kappa shape index (κ3) is 2.90. The average molecular weight is 392 g/mol. The van der Waals surface area contributed by atoms with E-state index in [-0.39, 0.29) is 11.4 Å². The van der Waals surface area contributed by atoms with E-state index in [1.807, 2.05) is 37.3 Å². The normalized spacial score (nSPS) is 13.9. The van der Waals surface area contributed by atoms with Gasteiger partial charge in [-0.3, -0.25) is 9.36 Å². The third-order valence-electron chi connectivity index (χ3n) is 4.58. The number of fused-ring (bicyclic) bond motifs is 2. The Morgan fingerprint density at radius 2 is 2.18 bits per heavy atom. The van der Waals surface area contributed by atoms with Crippen LogP contribution in [0.2, 0.25) is 0 Å². The number of aromatic nitrogens is 2. The van der Waals surface area contributed by atoms with Crippen molar-refractivity contribution in [1.82, 2.24) is 9.55 Å². The molecule has 0 amide bonds. The number of rotatable bonds is 4. The lowest BCUT2D eigenvalue weighted by Gasteiger charge is -2.32. The highest BCUT2D eigenvalue weighted by Crippen LogP contribution is 2.36. The van der Waals surface area contributed by atoms with Crippen LogP contribution in [0.5, 0.6) is 5.75 Å². The molecule has 0 radical (unpaired) electrons. The average Bonchev–Trinajstić information content (AvgIpc) is 3.05. The Hall–Kier alpha value is -3.32. The summed E-state index contributed by atoms with van der Waals surface area (Å²) >= 11 is 1.51. The zero-order valence-electron chi connectivity index (χ0n) is 15.5. The standard InChI is InChI=1S/C21H20N4O2S/c1-4-6-14(5-2)24-9-10-27-18-8-7-15(12-16(18)24)25-17-11-13(3)28-20(17)23-19(22)21(25)26/h4-8,11-12H,1-2,9-10H2,3H3,(H2,22,23)/b14-6+. The third-order valence-corrected chi connectivity index (χ3v) is 5.51. The molecule has 2 N–H and O–H groups in total. The van der Waals surface area contributed by atoms with Crippen molar-refractivity contribution in [1.29, 1.82) is 0 Å². The molecule has 0 saturated heterocycles. The number of thiophene rings is 1. The van der Waals surface area contributed by atoms with E-state index < -0.39 is 0 Å². The number of hydrogen-bond donors (Lipinski definition) is 1. The fraction of sp³-hybridized carbons (Fsp3) is 0.143. The number of ether oxygens (including phenoxy) is 1. The molecule has 3 aromatic rings. The summed E-state index contributed by atoms with van der Waals surface area (Å²) in [6.07, 6.45) is 5.40. The van der Waals surface area contributed by atoms with Crippen LogP contribution < -0.4 is 20.9 Å². The second-order valence-corrected chi connectivity index (χ2v) is 7.60. The number of benzene rings is 1. The van der Waals surface area contributed by atoms with E-state index in [2.05, 4.69) is 23.0 Å². The molecular weight excluding hydrogens is 372 g/mol. The number of nitrogen functional groups attached to an aromatic ring is 1. The zero-order valence-corrected chi connectivity index (χ0v) is 16.3. The van der Waals surface area contributed by atoms with Gasteiger partial charge in [0.2, 0.25) is 0 Å². The molecule has 0 spiro atoms. The van der Waals surface area contributed by atoms with Crippen molar-refractivity contribution in [3.8, 4) is 11.4 Å². The molecule has 0 fully saturated rings. The molecule has 3 heterocycles. The smallest absolute Gasteiger partial charge is 0.298 e. The molecule has 0 atom stereocenters. The van der Waals surface area contributed by atoms with Gasteiger partial charge < -0.3 is 15.4 Å². The Kier molecular flexibility index (Phi) is 4.52. The first-order valence-corrected chi connectivity index (χ1v) is 9.63. The minimum Gasteiger partial charge on any atom is -0.490 e. The topological polar surface area (TPSA) is 73.4 Å². The van der Waals surface area contributed by atoms with Gasteiger partial charge in [-0.2, -0.15) is 0 Å². The maximum atomic E-state index is 12.8. The number of aryl methyl sites for hydroxylation is 1. The molecule has 28 heavy (non-hydrogen) atoms. The highest BCUT2D eigenvalue weighted by Gasteiger charge is 2.22. The van der Waals surface area contributed by atoms with Crippen LogP contribution in [-0.4, -0.2) is 22.7 Å². The lowest BCUT2D eigenvalue weighted by Crippen LogP contribution is -2.32. The summed E-state index contributed by atoms with van der Waals surface area (Å²) in [5.41, 5.74) is 8.79. The summed E-state index contributed by atoms with van der Waals surface area (Å²) in [7, 11) is 0. The van der Waals surface area contributed by atoms with Crippen LogP contribution in [-0.2, 0) is 0 Å². The maximum Gasteiger partial charge on any atom is 0.298 e. The van der Waals surface area contributed by atoms with Crippen LogP contribution in [0.4, 0.5) is 11.5 Å².